The zero-order chi connectivity index (χ0) is 15.1. The highest BCUT2D eigenvalue weighted by Gasteiger charge is 2.01. The molecule has 108 valence electrons. The Morgan fingerprint density at radius 1 is 1.10 bits per heavy atom. The van der Waals surface area contributed by atoms with Gasteiger partial charge < -0.3 is 16.2 Å². The minimum Gasteiger partial charge on any atom is -0.489 e. The zero-order valence-electron chi connectivity index (χ0n) is 11.2. The van der Waals surface area contributed by atoms with Gasteiger partial charge in [-0.25, -0.2) is 4.39 Å². The molecule has 0 heterocycles. The van der Waals surface area contributed by atoms with Crippen LogP contribution in [0.4, 0.5) is 4.39 Å². The van der Waals surface area contributed by atoms with Crippen LogP contribution in [0.1, 0.15) is 11.1 Å². The SMILES string of the molecule is NC(N)=NN=Cc1ccc(OCc2ccccc2F)cc1. The highest BCUT2D eigenvalue weighted by molar-refractivity contribution is 5.81. The fourth-order valence-electron chi connectivity index (χ4n) is 1.59. The molecule has 0 saturated heterocycles. The molecular formula is C15H15FN4O. The van der Waals surface area contributed by atoms with E-state index in [1.165, 1.54) is 12.3 Å². The first kappa shape index (κ1) is 14.5. The lowest BCUT2D eigenvalue weighted by atomic mass is 10.2. The fourth-order valence-corrected chi connectivity index (χ4v) is 1.59. The van der Waals surface area contributed by atoms with Crippen molar-refractivity contribution >= 4 is 12.2 Å². The van der Waals surface area contributed by atoms with Crippen LogP contribution in [-0.4, -0.2) is 12.2 Å². The van der Waals surface area contributed by atoms with Crippen molar-refractivity contribution in [3.05, 3.63) is 65.5 Å². The lowest BCUT2D eigenvalue weighted by Crippen LogP contribution is -2.21. The van der Waals surface area contributed by atoms with Crippen LogP contribution in [0.3, 0.4) is 0 Å². The van der Waals surface area contributed by atoms with E-state index in [0.29, 0.717) is 11.3 Å². The standard InChI is InChI=1S/C15H15FN4O/c16-14-4-2-1-3-12(14)10-21-13-7-5-11(6-8-13)9-19-20-15(17)18/h1-9H,10H2,(H4,17,18,20). The van der Waals surface area contributed by atoms with Gasteiger partial charge in [-0.2, -0.15) is 5.10 Å². The van der Waals surface area contributed by atoms with E-state index in [9.17, 15) is 4.39 Å². The molecule has 5 nitrogen and oxygen atoms in total. The third kappa shape index (κ3) is 4.61. The molecule has 0 saturated carbocycles. The molecule has 0 atom stereocenters. The number of ether oxygens (including phenoxy) is 1. The number of hydrogen-bond donors (Lipinski definition) is 2. The normalized spacial score (nSPS) is 10.5. The zero-order valence-corrected chi connectivity index (χ0v) is 11.2. The number of guanidine groups is 1. The second-order valence-electron chi connectivity index (χ2n) is 4.22. The van der Waals surface area contributed by atoms with Crippen LogP contribution in [-0.2, 0) is 6.61 Å². The molecule has 6 heteroatoms. The predicted molar refractivity (Wildman–Crippen MR) is 80.6 cm³/mol. The number of hydrogen-bond acceptors (Lipinski definition) is 3. The summed E-state index contributed by atoms with van der Waals surface area (Å²) in [5, 5.41) is 7.20. The van der Waals surface area contributed by atoms with E-state index >= 15 is 0 Å². The van der Waals surface area contributed by atoms with Crippen molar-refractivity contribution in [1.29, 1.82) is 0 Å². The summed E-state index contributed by atoms with van der Waals surface area (Å²) in [7, 11) is 0. The van der Waals surface area contributed by atoms with Gasteiger partial charge >= 0.3 is 0 Å². The van der Waals surface area contributed by atoms with Crippen LogP contribution in [0.5, 0.6) is 5.75 Å². The molecule has 0 fully saturated rings. The van der Waals surface area contributed by atoms with Gasteiger partial charge in [0.2, 0.25) is 5.96 Å². The summed E-state index contributed by atoms with van der Waals surface area (Å²) in [4.78, 5) is 0. The topological polar surface area (TPSA) is 86.0 Å². The first-order chi connectivity index (χ1) is 10.1. The van der Waals surface area contributed by atoms with Crippen molar-refractivity contribution in [2.75, 3.05) is 0 Å². The van der Waals surface area contributed by atoms with Crippen LogP contribution in [0.15, 0.2) is 58.7 Å². The summed E-state index contributed by atoms with van der Waals surface area (Å²) in [6.07, 6.45) is 1.51. The second-order valence-corrected chi connectivity index (χ2v) is 4.22. The van der Waals surface area contributed by atoms with E-state index in [1.807, 2.05) is 0 Å². The summed E-state index contributed by atoms with van der Waals surface area (Å²) in [5.74, 6) is 0.256. The van der Waals surface area contributed by atoms with Gasteiger partial charge in [0.25, 0.3) is 0 Å². The molecular weight excluding hydrogens is 271 g/mol. The van der Waals surface area contributed by atoms with Gasteiger partial charge in [-0.05, 0) is 35.9 Å². The Morgan fingerprint density at radius 3 is 2.48 bits per heavy atom. The van der Waals surface area contributed by atoms with Crippen molar-refractivity contribution < 1.29 is 9.13 Å². The number of rotatable bonds is 5. The average Bonchev–Trinajstić information content (AvgIpc) is 2.47. The summed E-state index contributed by atoms with van der Waals surface area (Å²) in [6.45, 7) is 0.175. The molecule has 0 aliphatic rings. The van der Waals surface area contributed by atoms with Gasteiger partial charge in [0.05, 0.1) is 6.21 Å². The predicted octanol–water partition coefficient (Wildman–Crippen LogP) is 2.01. The maximum Gasteiger partial charge on any atom is 0.211 e. The van der Waals surface area contributed by atoms with Gasteiger partial charge in [0, 0.05) is 5.56 Å². The minimum absolute atomic E-state index is 0.101. The molecule has 4 N–H and O–H groups in total. The Morgan fingerprint density at radius 2 is 1.81 bits per heavy atom. The first-order valence-electron chi connectivity index (χ1n) is 6.23. The van der Waals surface area contributed by atoms with Gasteiger partial charge in [-0.1, -0.05) is 18.2 Å². The monoisotopic (exact) mass is 286 g/mol. The summed E-state index contributed by atoms with van der Waals surface area (Å²) >= 11 is 0. The molecule has 0 bridgehead atoms. The van der Waals surface area contributed by atoms with Crippen LogP contribution >= 0.6 is 0 Å². The molecule has 0 spiro atoms. The van der Waals surface area contributed by atoms with Gasteiger partial charge in [0.15, 0.2) is 0 Å². The third-order valence-electron chi connectivity index (χ3n) is 2.61. The van der Waals surface area contributed by atoms with Gasteiger partial charge in [0.1, 0.15) is 18.2 Å². The number of benzene rings is 2. The summed E-state index contributed by atoms with van der Waals surface area (Å²) in [6, 6.07) is 13.6. The molecule has 2 rings (SSSR count). The second kappa shape index (κ2) is 7.04. The van der Waals surface area contributed by atoms with E-state index in [0.717, 1.165) is 5.56 Å². The summed E-state index contributed by atoms with van der Waals surface area (Å²) < 4.78 is 18.9. The largest absolute Gasteiger partial charge is 0.489 e. The smallest absolute Gasteiger partial charge is 0.211 e. The van der Waals surface area contributed by atoms with Crippen LogP contribution < -0.4 is 16.2 Å². The van der Waals surface area contributed by atoms with E-state index < -0.39 is 0 Å². The highest BCUT2D eigenvalue weighted by atomic mass is 19.1. The first-order valence-corrected chi connectivity index (χ1v) is 6.23. The number of halogens is 1. The van der Waals surface area contributed by atoms with Crippen molar-refractivity contribution in [3.63, 3.8) is 0 Å². The molecule has 21 heavy (non-hydrogen) atoms. The lowest BCUT2D eigenvalue weighted by Gasteiger charge is -2.07. The number of nitrogens with two attached hydrogens (primary N) is 2. The van der Waals surface area contributed by atoms with E-state index in [2.05, 4.69) is 10.2 Å². The third-order valence-corrected chi connectivity index (χ3v) is 2.61. The van der Waals surface area contributed by atoms with Crippen molar-refractivity contribution in [3.8, 4) is 5.75 Å². The Hall–Kier alpha value is -2.89. The molecule has 0 amide bonds. The van der Waals surface area contributed by atoms with Crippen molar-refractivity contribution in [1.82, 2.24) is 0 Å². The molecule has 2 aromatic carbocycles. The van der Waals surface area contributed by atoms with Gasteiger partial charge in [-0.15, -0.1) is 5.10 Å². The molecule has 0 radical (unpaired) electrons. The highest BCUT2D eigenvalue weighted by Crippen LogP contribution is 2.15. The van der Waals surface area contributed by atoms with Crippen LogP contribution in [0.2, 0.25) is 0 Å². The quantitative estimate of drug-likeness (QED) is 0.501. The van der Waals surface area contributed by atoms with E-state index in [1.54, 1.807) is 42.5 Å². The molecule has 0 aromatic heterocycles. The number of nitrogens with zero attached hydrogens (tertiary/aromatic N) is 2. The Bertz CT molecular complexity index is 649. The Balaban J connectivity index is 1.95. The molecule has 2 aromatic rings. The summed E-state index contributed by atoms with van der Waals surface area (Å²) in [5.41, 5.74) is 11.6. The van der Waals surface area contributed by atoms with Gasteiger partial charge in [-0.3, -0.25) is 0 Å². The maximum absolute atomic E-state index is 13.4. The van der Waals surface area contributed by atoms with Crippen molar-refractivity contribution in [2.24, 2.45) is 21.7 Å². The molecule has 0 aliphatic carbocycles. The molecule has 0 unspecified atom stereocenters. The Kier molecular flexibility index (Phi) is 4.87. The van der Waals surface area contributed by atoms with E-state index in [-0.39, 0.29) is 18.4 Å². The average molecular weight is 286 g/mol. The fraction of sp³-hybridized carbons (Fsp3) is 0.0667. The Labute approximate surface area is 121 Å². The minimum atomic E-state index is -0.279. The molecule has 0 aliphatic heterocycles. The lowest BCUT2D eigenvalue weighted by molar-refractivity contribution is 0.300. The van der Waals surface area contributed by atoms with Crippen LogP contribution in [0.25, 0.3) is 0 Å². The van der Waals surface area contributed by atoms with Crippen molar-refractivity contribution in [2.45, 2.75) is 6.61 Å². The van der Waals surface area contributed by atoms with E-state index in [4.69, 9.17) is 16.2 Å². The maximum atomic E-state index is 13.4. The van der Waals surface area contributed by atoms with Crippen LogP contribution in [0, 0.1) is 5.82 Å².